The highest BCUT2D eigenvalue weighted by Gasteiger charge is 2.18. The van der Waals surface area contributed by atoms with Crippen LogP contribution in [-0.2, 0) is 37.0 Å². The highest BCUT2D eigenvalue weighted by molar-refractivity contribution is 7.91. The summed E-state index contributed by atoms with van der Waals surface area (Å²) in [5.41, 5.74) is 3.52. The molecule has 3 aromatic rings. The molecule has 0 radical (unpaired) electrons. The number of unbranched alkanes of at least 4 members (excludes halogenated alkanes) is 9. The number of hydrogen-bond donors (Lipinski definition) is 2. The van der Waals surface area contributed by atoms with E-state index < -0.39 is 30.4 Å². The molecule has 0 atom stereocenters. The Morgan fingerprint density at radius 1 is 0.659 bits per heavy atom. The van der Waals surface area contributed by atoms with Gasteiger partial charge in [-0.2, -0.15) is 27.1 Å². The van der Waals surface area contributed by atoms with Crippen molar-refractivity contribution in [1.29, 1.82) is 0 Å². The van der Waals surface area contributed by atoms with Gasteiger partial charge in [0, 0.05) is 17.4 Å². The summed E-state index contributed by atoms with van der Waals surface area (Å²) in [5, 5.41) is 10.9. The topological polar surface area (TPSA) is 178 Å². The average Bonchev–Trinajstić information content (AvgIpc) is 3.19. The van der Waals surface area contributed by atoms with Crippen LogP contribution >= 0.6 is 0 Å². The normalized spacial score (nSPS) is 12.5. The summed E-state index contributed by atoms with van der Waals surface area (Å²) >= 11 is 0. The van der Waals surface area contributed by atoms with E-state index in [1.807, 2.05) is 6.92 Å². The van der Waals surface area contributed by atoms with Gasteiger partial charge in [-0.05, 0) is 79.8 Å². The Balaban J connectivity index is 1.62. The first-order chi connectivity index (χ1) is 20.7. The van der Waals surface area contributed by atoms with Crippen molar-refractivity contribution in [1.82, 2.24) is 4.57 Å². The van der Waals surface area contributed by atoms with Gasteiger partial charge in [0.25, 0.3) is 0 Å². The van der Waals surface area contributed by atoms with Gasteiger partial charge in [-0.25, -0.2) is 8.42 Å². The van der Waals surface area contributed by atoms with Gasteiger partial charge in [0.05, 0.1) is 17.2 Å². The van der Waals surface area contributed by atoms with Crippen molar-refractivity contribution < 1.29 is 33.6 Å². The van der Waals surface area contributed by atoms with E-state index in [0.717, 1.165) is 98.4 Å². The van der Waals surface area contributed by atoms with Crippen LogP contribution in [0.25, 0.3) is 22.2 Å². The molecule has 44 heavy (non-hydrogen) atoms. The smallest absolute Gasteiger partial charge is 0.371 e. The molecule has 0 aliphatic heterocycles. The number of aromatic nitrogens is 1. The largest absolute Gasteiger partial charge is 0.380 e. The quantitative estimate of drug-likeness (QED) is 0.148. The molecule has 0 aliphatic carbocycles. The minimum Gasteiger partial charge on any atom is -0.371 e. The summed E-state index contributed by atoms with van der Waals surface area (Å²) in [7, 11) is -11.3. The third-order valence-electron chi connectivity index (χ3n) is 7.49. The fraction of sp³-hybridized carbons (Fsp3) is 0.533. The molecule has 0 bridgehead atoms. The van der Waals surface area contributed by atoms with E-state index >= 15 is 0 Å². The van der Waals surface area contributed by atoms with E-state index in [1.54, 1.807) is 30.3 Å². The highest BCUT2D eigenvalue weighted by atomic mass is 32.2. The maximum absolute atomic E-state index is 12.1. The molecule has 0 aliphatic rings. The molecular formula is C30H45N3O8S3. The summed E-state index contributed by atoms with van der Waals surface area (Å²) in [6.45, 7) is 4.71. The summed E-state index contributed by atoms with van der Waals surface area (Å²) in [5.74, 6) is 0.800. The fourth-order valence-corrected chi connectivity index (χ4v) is 7.66. The predicted octanol–water partition coefficient (Wildman–Crippen LogP) is 5.51. The Bertz CT molecular complexity index is 1700. The van der Waals surface area contributed by atoms with Crippen LogP contribution in [0.3, 0.4) is 0 Å². The van der Waals surface area contributed by atoms with Crippen molar-refractivity contribution in [2.24, 2.45) is 10.3 Å². The highest BCUT2D eigenvalue weighted by Crippen LogP contribution is 2.36. The Morgan fingerprint density at radius 3 is 1.73 bits per heavy atom. The van der Waals surface area contributed by atoms with E-state index in [9.17, 15) is 25.3 Å². The summed E-state index contributed by atoms with van der Waals surface area (Å²) in [6.07, 6.45) is 10.6. The Morgan fingerprint density at radius 2 is 1.16 bits per heavy atom. The maximum atomic E-state index is 12.1. The van der Waals surface area contributed by atoms with Crippen molar-refractivity contribution >= 4 is 41.3 Å². The molecule has 1 heterocycles. The third-order valence-corrected chi connectivity index (χ3v) is 10.2. The summed E-state index contributed by atoms with van der Waals surface area (Å²) in [4.78, 5) is 0. The molecule has 0 saturated carbocycles. The van der Waals surface area contributed by atoms with Crippen molar-refractivity contribution in [2.45, 2.75) is 91.0 Å². The number of nitrogens with zero attached hydrogens (tertiary/aromatic N) is 1. The maximum Gasteiger partial charge on any atom is 0.380 e. The zero-order valence-corrected chi connectivity index (χ0v) is 28.0. The second kappa shape index (κ2) is 16.1. The summed E-state index contributed by atoms with van der Waals surface area (Å²) in [6, 6.07) is 11.6. The molecule has 246 valence electrons. The van der Waals surface area contributed by atoms with E-state index in [4.69, 9.17) is 18.6 Å². The van der Waals surface area contributed by atoms with E-state index in [2.05, 4.69) is 11.5 Å². The third kappa shape index (κ3) is 11.7. The lowest BCUT2D eigenvalue weighted by molar-refractivity contribution is 0.486. The number of nitrogens with two attached hydrogens (primary N) is 2. The first-order valence-electron chi connectivity index (χ1n) is 15.1. The SMILES string of the molecule is CCCCCS(=O)(=O)CCCCCCCCCCn1c(-c2ccc(OS(N)(=O)=O)cc2)c(C)c2cc(OS(N)(=O)=O)ccc21. The minimum atomic E-state index is -4.18. The zero-order valence-electron chi connectivity index (χ0n) is 25.5. The molecule has 4 N–H and O–H groups in total. The number of hydrogen-bond acceptors (Lipinski definition) is 8. The van der Waals surface area contributed by atoms with Gasteiger partial charge in [0.1, 0.15) is 21.3 Å². The van der Waals surface area contributed by atoms with Crippen LogP contribution in [0, 0.1) is 6.92 Å². The van der Waals surface area contributed by atoms with E-state index in [0.29, 0.717) is 18.1 Å². The molecular weight excluding hydrogens is 627 g/mol. The minimum absolute atomic E-state index is 0.0917. The zero-order chi connectivity index (χ0) is 32.4. The van der Waals surface area contributed by atoms with Gasteiger partial charge >= 0.3 is 20.6 Å². The van der Waals surface area contributed by atoms with Crippen LogP contribution in [0.2, 0.25) is 0 Å². The Hall–Kier alpha value is -2.65. The average molecular weight is 672 g/mol. The number of benzene rings is 2. The van der Waals surface area contributed by atoms with Gasteiger partial charge < -0.3 is 12.9 Å². The number of fused-ring (bicyclic) bond motifs is 1. The Labute approximate surface area is 262 Å². The van der Waals surface area contributed by atoms with Crippen LogP contribution in [0.5, 0.6) is 11.5 Å². The molecule has 2 aromatic carbocycles. The lowest BCUT2D eigenvalue weighted by Crippen LogP contribution is -2.18. The van der Waals surface area contributed by atoms with Crippen molar-refractivity contribution in [2.75, 3.05) is 11.5 Å². The molecule has 0 amide bonds. The fourth-order valence-electron chi connectivity index (χ4n) is 5.42. The van der Waals surface area contributed by atoms with E-state index in [-0.39, 0.29) is 11.5 Å². The second-order valence-corrected chi connectivity index (χ2v) is 15.8. The Kier molecular flexibility index (Phi) is 13.1. The van der Waals surface area contributed by atoms with Gasteiger partial charge in [0.2, 0.25) is 0 Å². The van der Waals surface area contributed by atoms with Crippen LogP contribution in [-0.4, -0.2) is 41.3 Å². The number of rotatable bonds is 20. The number of aryl methyl sites for hydroxylation is 2. The van der Waals surface area contributed by atoms with Crippen LogP contribution in [0.1, 0.15) is 83.1 Å². The molecule has 14 heteroatoms. The number of sulfone groups is 1. The first-order valence-corrected chi connectivity index (χ1v) is 19.8. The standard InChI is InChI=1S/C30H45N3O8S3/c1-3-4-12-21-42(34,35)22-13-10-8-6-5-7-9-11-20-33-29-19-18-27(41-44(32,38)39)23-28(29)24(2)30(33)25-14-16-26(17-15-25)40-43(31,36)37/h14-19,23H,3-13,20-22H2,1-2H3,(H2,31,36,37)(H2,32,38,39). The van der Waals surface area contributed by atoms with Crippen molar-refractivity contribution in [3.05, 3.63) is 48.0 Å². The molecule has 0 fully saturated rings. The van der Waals surface area contributed by atoms with Gasteiger partial charge in [-0.1, -0.05) is 58.3 Å². The van der Waals surface area contributed by atoms with Gasteiger partial charge in [0.15, 0.2) is 0 Å². The van der Waals surface area contributed by atoms with Gasteiger partial charge in [-0.15, -0.1) is 0 Å². The van der Waals surface area contributed by atoms with Gasteiger partial charge in [-0.3, -0.25) is 0 Å². The van der Waals surface area contributed by atoms with E-state index in [1.165, 1.54) is 12.1 Å². The predicted molar refractivity (Wildman–Crippen MR) is 175 cm³/mol. The molecule has 0 unspecified atom stereocenters. The lowest BCUT2D eigenvalue weighted by atomic mass is 10.1. The second-order valence-electron chi connectivity index (χ2n) is 11.2. The molecule has 0 spiro atoms. The van der Waals surface area contributed by atoms with Crippen LogP contribution in [0.15, 0.2) is 42.5 Å². The molecule has 1 aromatic heterocycles. The molecule has 0 saturated heterocycles. The lowest BCUT2D eigenvalue weighted by Gasteiger charge is -2.13. The van der Waals surface area contributed by atoms with Crippen molar-refractivity contribution in [3.63, 3.8) is 0 Å². The van der Waals surface area contributed by atoms with Crippen molar-refractivity contribution in [3.8, 4) is 22.8 Å². The molecule has 3 rings (SSSR count). The van der Waals surface area contributed by atoms with Crippen LogP contribution < -0.4 is 18.6 Å². The monoisotopic (exact) mass is 671 g/mol. The summed E-state index contributed by atoms with van der Waals surface area (Å²) < 4.78 is 81.6. The van der Waals surface area contributed by atoms with Crippen LogP contribution in [0.4, 0.5) is 0 Å². The molecule has 11 nitrogen and oxygen atoms in total. The first kappa shape index (κ1) is 35.8.